The summed E-state index contributed by atoms with van der Waals surface area (Å²) in [6.07, 6.45) is -0.374. The zero-order valence-corrected chi connectivity index (χ0v) is 12.5. The molecule has 0 aliphatic heterocycles. The van der Waals surface area contributed by atoms with Gasteiger partial charge >= 0.3 is 0 Å². The minimum absolute atomic E-state index is 0.148. The summed E-state index contributed by atoms with van der Waals surface area (Å²) < 4.78 is 27.5. The van der Waals surface area contributed by atoms with Gasteiger partial charge in [-0.15, -0.1) is 0 Å². The largest absolute Gasteiger partial charge is 0.392 e. The van der Waals surface area contributed by atoms with Crippen molar-refractivity contribution in [2.24, 2.45) is 0 Å². The van der Waals surface area contributed by atoms with Gasteiger partial charge < -0.3 is 10.4 Å². The number of alkyl halides is 2. The molecule has 7 heteroatoms. The summed E-state index contributed by atoms with van der Waals surface area (Å²) in [6.45, 7) is 3.65. The summed E-state index contributed by atoms with van der Waals surface area (Å²) in [5.41, 5.74) is 2.44. The van der Waals surface area contributed by atoms with Crippen LogP contribution in [0.1, 0.15) is 29.8 Å². The lowest BCUT2D eigenvalue weighted by atomic mass is 9.88. The van der Waals surface area contributed by atoms with Gasteiger partial charge in [0.15, 0.2) is 5.82 Å². The van der Waals surface area contributed by atoms with Crippen LogP contribution in [0.5, 0.6) is 0 Å². The molecule has 5 nitrogen and oxygen atoms in total. The van der Waals surface area contributed by atoms with E-state index in [0.717, 1.165) is 11.4 Å². The van der Waals surface area contributed by atoms with Crippen molar-refractivity contribution in [2.75, 3.05) is 5.32 Å². The third-order valence-electron chi connectivity index (χ3n) is 3.72. The Labute approximate surface area is 127 Å². The molecule has 0 atom stereocenters. The van der Waals surface area contributed by atoms with E-state index in [1.54, 1.807) is 16.8 Å². The van der Waals surface area contributed by atoms with Crippen LogP contribution in [-0.2, 0) is 6.61 Å². The molecule has 0 amide bonds. The van der Waals surface area contributed by atoms with Crippen molar-refractivity contribution < 1.29 is 13.9 Å². The second kappa shape index (κ2) is 5.31. The zero-order chi connectivity index (χ0) is 15.9. The van der Waals surface area contributed by atoms with E-state index in [-0.39, 0.29) is 25.5 Å². The molecule has 2 aromatic rings. The molecule has 1 fully saturated rings. The SMILES string of the molecule is Cc1cc(C)n(-c2cc(CO)cc(NC3CC(F)(F)C3)n2)n1. The third-order valence-corrected chi connectivity index (χ3v) is 3.72. The van der Waals surface area contributed by atoms with Gasteiger partial charge in [0.1, 0.15) is 5.82 Å². The average molecular weight is 308 g/mol. The van der Waals surface area contributed by atoms with E-state index in [1.807, 2.05) is 19.9 Å². The van der Waals surface area contributed by atoms with Gasteiger partial charge in [0, 0.05) is 24.6 Å². The number of aliphatic hydroxyl groups is 1. The number of nitrogens with zero attached hydrogens (tertiary/aromatic N) is 3. The molecule has 1 aliphatic rings. The van der Waals surface area contributed by atoms with E-state index in [0.29, 0.717) is 17.2 Å². The number of nitrogens with one attached hydrogen (secondary N) is 1. The maximum atomic E-state index is 12.9. The molecule has 2 heterocycles. The summed E-state index contributed by atoms with van der Waals surface area (Å²) in [7, 11) is 0. The maximum Gasteiger partial charge on any atom is 0.252 e. The van der Waals surface area contributed by atoms with Crippen molar-refractivity contribution in [3.8, 4) is 5.82 Å². The Morgan fingerprint density at radius 1 is 1.32 bits per heavy atom. The summed E-state index contributed by atoms with van der Waals surface area (Å²) >= 11 is 0. The van der Waals surface area contributed by atoms with Crippen LogP contribution in [0.2, 0.25) is 0 Å². The van der Waals surface area contributed by atoms with Gasteiger partial charge in [-0.05, 0) is 37.6 Å². The number of pyridine rings is 1. The number of rotatable bonds is 4. The first-order valence-corrected chi connectivity index (χ1v) is 7.16. The summed E-state index contributed by atoms with van der Waals surface area (Å²) in [5, 5.41) is 16.8. The number of halogens is 2. The van der Waals surface area contributed by atoms with Crippen molar-refractivity contribution in [2.45, 2.75) is 45.3 Å². The molecule has 1 aliphatic carbocycles. The molecule has 2 N–H and O–H groups in total. The van der Waals surface area contributed by atoms with Gasteiger partial charge in [-0.25, -0.2) is 18.4 Å². The van der Waals surface area contributed by atoms with Gasteiger partial charge in [-0.1, -0.05) is 0 Å². The van der Waals surface area contributed by atoms with Crippen LogP contribution in [0, 0.1) is 13.8 Å². The lowest BCUT2D eigenvalue weighted by molar-refractivity contribution is -0.0794. The van der Waals surface area contributed by atoms with Crippen molar-refractivity contribution in [3.05, 3.63) is 35.2 Å². The smallest absolute Gasteiger partial charge is 0.252 e. The third kappa shape index (κ3) is 2.94. The minimum atomic E-state index is -2.58. The quantitative estimate of drug-likeness (QED) is 0.911. The van der Waals surface area contributed by atoms with Crippen LogP contribution in [0.25, 0.3) is 5.82 Å². The molecular weight excluding hydrogens is 290 g/mol. The topological polar surface area (TPSA) is 63.0 Å². The van der Waals surface area contributed by atoms with Crippen LogP contribution < -0.4 is 5.32 Å². The normalized spacial score (nSPS) is 17.3. The Morgan fingerprint density at radius 2 is 2.05 bits per heavy atom. The highest BCUT2D eigenvalue weighted by Gasteiger charge is 2.45. The van der Waals surface area contributed by atoms with E-state index in [9.17, 15) is 13.9 Å². The Bertz CT molecular complexity index is 691. The van der Waals surface area contributed by atoms with E-state index < -0.39 is 5.92 Å². The predicted molar refractivity (Wildman–Crippen MR) is 78.3 cm³/mol. The fraction of sp³-hybridized carbons (Fsp3) is 0.467. The minimum Gasteiger partial charge on any atom is -0.392 e. The molecule has 118 valence electrons. The van der Waals surface area contributed by atoms with Crippen molar-refractivity contribution in [1.29, 1.82) is 0 Å². The van der Waals surface area contributed by atoms with E-state index in [4.69, 9.17) is 0 Å². The van der Waals surface area contributed by atoms with Gasteiger partial charge in [0.05, 0.1) is 12.3 Å². The molecule has 0 saturated heterocycles. The van der Waals surface area contributed by atoms with Crippen molar-refractivity contribution >= 4 is 5.82 Å². The fourth-order valence-electron chi connectivity index (χ4n) is 2.68. The Hall–Kier alpha value is -2.02. The molecule has 22 heavy (non-hydrogen) atoms. The van der Waals surface area contributed by atoms with Crippen molar-refractivity contribution in [1.82, 2.24) is 14.8 Å². The highest BCUT2D eigenvalue weighted by molar-refractivity contribution is 5.45. The first-order valence-electron chi connectivity index (χ1n) is 7.16. The number of aromatic nitrogens is 3. The first-order chi connectivity index (χ1) is 10.4. The van der Waals surface area contributed by atoms with Crippen LogP contribution in [-0.4, -0.2) is 31.8 Å². The second-order valence-electron chi connectivity index (χ2n) is 5.82. The van der Waals surface area contributed by atoms with Gasteiger partial charge in [0.25, 0.3) is 5.92 Å². The molecule has 2 aromatic heterocycles. The average Bonchev–Trinajstić information content (AvgIpc) is 2.75. The lowest BCUT2D eigenvalue weighted by Crippen LogP contribution is -2.44. The molecular formula is C15H18F2N4O. The molecule has 0 unspecified atom stereocenters. The molecule has 0 aromatic carbocycles. The number of aryl methyl sites for hydroxylation is 2. The van der Waals surface area contributed by atoms with Gasteiger partial charge in [-0.3, -0.25) is 0 Å². The molecule has 1 saturated carbocycles. The number of anilines is 1. The van der Waals surface area contributed by atoms with Gasteiger partial charge in [0.2, 0.25) is 0 Å². The van der Waals surface area contributed by atoms with Gasteiger partial charge in [-0.2, -0.15) is 5.10 Å². The molecule has 3 rings (SSSR count). The van der Waals surface area contributed by atoms with Crippen molar-refractivity contribution in [3.63, 3.8) is 0 Å². The highest BCUT2D eigenvalue weighted by Crippen LogP contribution is 2.38. The number of hydrogen-bond acceptors (Lipinski definition) is 4. The summed E-state index contributed by atoms with van der Waals surface area (Å²) in [5.74, 6) is -1.54. The lowest BCUT2D eigenvalue weighted by Gasteiger charge is -2.35. The van der Waals surface area contributed by atoms with E-state index in [2.05, 4.69) is 15.4 Å². The Morgan fingerprint density at radius 3 is 2.59 bits per heavy atom. The number of aliphatic hydroxyl groups excluding tert-OH is 1. The zero-order valence-electron chi connectivity index (χ0n) is 12.5. The summed E-state index contributed by atoms with van der Waals surface area (Å²) in [4.78, 5) is 4.43. The molecule has 0 spiro atoms. The van der Waals surface area contributed by atoms with E-state index >= 15 is 0 Å². The monoisotopic (exact) mass is 308 g/mol. The van der Waals surface area contributed by atoms with Crippen LogP contribution in [0.4, 0.5) is 14.6 Å². The fourth-order valence-corrected chi connectivity index (χ4v) is 2.68. The first kappa shape index (κ1) is 14.9. The highest BCUT2D eigenvalue weighted by atomic mass is 19.3. The second-order valence-corrected chi connectivity index (χ2v) is 5.82. The van der Waals surface area contributed by atoms with Crippen LogP contribution >= 0.6 is 0 Å². The Balaban J connectivity index is 1.88. The summed E-state index contributed by atoms with van der Waals surface area (Å²) in [6, 6.07) is 5.04. The molecule has 0 radical (unpaired) electrons. The molecule has 0 bridgehead atoms. The Kier molecular flexibility index (Phi) is 3.60. The van der Waals surface area contributed by atoms with E-state index in [1.165, 1.54) is 0 Å². The van der Waals surface area contributed by atoms with Crippen LogP contribution in [0.3, 0.4) is 0 Å². The standard InChI is InChI=1S/C15H18F2N4O/c1-9-3-10(2)21(20-9)14-5-11(8-22)4-13(19-14)18-12-6-15(16,17)7-12/h3-5,12,22H,6-8H2,1-2H3,(H,18,19). The van der Waals surface area contributed by atoms with Crippen LogP contribution in [0.15, 0.2) is 18.2 Å². The maximum absolute atomic E-state index is 12.9. The predicted octanol–water partition coefficient (Wildman–Crippen LogP) is 2.59. The number of hydrogen-bond donors (Lipinski definition) is 2.